The highest BCUT2D eigenvalue weighted by atomic mass is 28.3. The maximum atomic E-state index is 13.6. The van der Waals surface area contributed by atoms with Gasteiger partial charge in [-0.05, 0) is 93.2 Å². The van der Waals surface area contributed by atoms with E-state index in [-0.39, 0.29) is 35.8 Å². The molecule has 0 aromatic rings. The lowest BCUT2D eigenvalue weighted by Gasteiger charge is -2.44. The summed E-state index contributed by atoms with van der Waals surface area (Å²) in [7, 11) is -1.17. The third-order valence-corrected chi connectivity index (χ3v) is 10.6. The van der Waals surface area contributed by atoms with Crippen LogP contribution in [0, 0.1) is 34.5 Å². The molecular weight excluding hydrogens is 488 g/mol. The molecule has 1 aliphatic heterocycles. The van der Waals surface area contributed by atoms with Gasteiger partial charge >= 0.3 is 5.97 Å². The molecule has 0 aromatic heterocycles. The number of esters is 1. The van der Waals surface area contributed by atoms with Gasteiger partial charge in [0.05, 0.1) is 11.5 Å². The molecule has 1 unspecified atom stereocenters. The molecule has 0 bridgehead atoms. The Hall–Kier alpha value is -1.17. The summed E-state index contributed by atoms with van der Waals surface area (Å²) in [6.07, 6.45) is 17.4. The van der Waals surface area contributed by atoms with E-state index in [1.165, 1.54) is 5.57 Å². The number of carbonyl (C=O) groups is 1. The van der Waals surface area contributed by atoms with Crippen LogP contribution in [0.25, 0.3) is 0 Å². The van der Waals surface area contributed by atoms with Crippen molar-refractivity contribution in [1.29, 1.82) is 0 Å². The Labute approximate surface area is 235 Å². The van der Waals surface area contributed by atoms with E-state index in [4.69, 9.17) is 13.9 Å². The van der Waals surface area contributed by atoms with E-state index < -0.39 is 14.5 Å². The lowest BCUT2D eigenvalue weighted by Crippen LogP contribution is -2.43. The monoisotopic (exact) mass is 544 g/mol. The Morgan fingerprint density at radius 1 is 1.18 bits per heavy atom. The number of ether oxygens (including phenoxy) is 2. The molecular formula is C33H56O4Si. The van der Waals surface area contributed by atoms with Crippen molar-refractivity contribution in [2.45, 2.75) is 131 Å². The minimum absolute atomic E-state index is 0.0314. The Kier molecular flexibility index (Phi) is 11.1. The van der Waals surface area contributed by atoms with Crippen molar-refractivity contribution in [2.75, 3.05) is 0 Å². The summed E-state index contributed by atoms with van der Waals surface area (Å²) in [4.78, 5) is 13.6. The van der Waals surface area contributed by atoms with E-state index in [1.54, 1.807) is 0 Å². The maximum Gasteiger partial charge on any atom is 0.312 e. The van der Waals surface area contributed by atoms with Crippen LogP contribution in [-0.4, -0.2) is 33.5 Å². The Bertz CT molecular complexity index is 850. The molecule has 0 spiro atoms. The van der Waals surface area contributed by atoms with Crippen LogP contribution in [-0.2, 0) is 18.7 Å². The Balaban J connectivity index is 1.76. The third kappa shape index (κ3) is 7.51. The number of hydrogen-bond donors (Lipinski definition) is 0. The van der Waals surface area contributed by atoms with Crippen molar-refractivity contribution >= 4 is 15.0 Å². The Morgan fingerprint density at radius 2 is 1.89 bits per heavy atom. The third-order valence-electron chi connectivity index (χ3n) is 9.76. The highest BCUT2D eigenvalue weighted by Gasteiger charge is 2.44. The molecule has 0 saturated carbocycles. The number of hydrogen-bond acceptors (Lipinski definition) is 4. The SMILES string of the molecule is C=CCC(CC)(CC)C(=O)O[C@H]1CCC=C2C=C[C@H](C)[C@H](CC[C@@H]3C[C@@H](C(C)(C)C)CC(O[SiH](C)C)O3)[C@H]21. The zero-order valence-electron chi connectivity index (χ0n) is 25.6. The summed E-state index contributed by atoms with van der Waals surface area (Å²) in [6, 6.07) is 0. The summed E-state index contributed by atoms with van der Waals surface area (Å²) in [6.45, 7) is 22.0. The molecule has 7 atom stereocenters. The predicted octanol–water partition coefficient (Wildman–Crippen LogP) is 8.39. The van der Waals surface area contributed by atoms with Gasteiger partial charge in [-0.3, -0.25) is 4.79 Å². The van der Waals surface area contributed by atoms with Crippen molar-refractivity contribution in [3.05, 3.63) is 36.5 Å². The fourth-order valence-corrected chi connectivity index (χ4v) is 7.82. The van der Waals surface area contributed by atoms with Crippen molar-refractivity contribution in [2.24, 2.45) is 34.5 Å². The van der Waals surface area contributed by atoms with Crippen LogP contribution in [0.3, 0.4) is 0 Å². The van der Waals surface area contributed by atoms with Crippen molar-refractivity contribution in [3.8, 4) is 0 Å². The standard InChI is InChI=1S/C33H56O4Si/c1-10-20-33(11-2,12-3)31(34)36-28-15-13-14-24-17-16-23(4)27(30(24)28)19-18-26-21-25(32(5,6)7)22-29(35-26)37-38(8)9/h10,14,16-17,23,25-30,38H,1,11-13,15,18-22H2,2-9H3/t23-,25+,26+,27-,28-,29?,30-/m0/s1. The molecule has 1 fully saturated rings. The highest BCUT2D eigenvalue weighted by molar-refractivity contribution is 6.48. The van der Waals surface area contributed by atoms with E-state index in [0.29, 0.717) is 24.2 Å². The van der Waals surface area contributed by atoms with Gasteiger partial charge in [0, 0.05) is 12.3 Å². The average molecular weight is 545 g/mol. The highest BCUT2D eigenvalue weighted by Crippen LogP contribution is 2.46. The zero-order chi connectivity index (χ0) is 28.1. The van der Waals surface area contributed by atoms with Crippen LogP contribution >= 0.6 is 0 Å². The van der Waals surface area contributed by atoms with Crippen molar-refractivity contribution < 1.29 is 18.7 Å². The fourth-order valence-electron chi connectivity index (χ4n) is 7.04. The number of fused-ring (bicyclic) bond motifs is 1. The fraction of sp³-hybridized carbons (Fsp3) is 0.788. The van der Waals surface area contributed by atoms with Crippen LogP contribution in [0.5, 0.6) is 0 Å². The molecule has 0 aromatic carbocycles. The summed E-state index contributed by atoms with van der Waals surface area (Å²) >= 11 is 0. The van der Waals surface area contributed by atoms with Crippen molar-refractivity contribution in [3.63, 3.8) is 0 Å². The molecule has 216 valence electrons. The zero-order valence-corrected chi connectivity index (χ0v) is 26.8. The van der Waals surface area contributed by atoms with E-state index in [2.05, 4.69) is 79.4 Å². The van der Waals surface area contributed by atoms with Crippen LogP contribution in [0.1, 0.15) is 99.3 Å². The minimum atomic E-state index is -1.17. The molecule has 38 heavy (non-hydrogen) atoms. The molecule has 2 aliphatic carbocycles. The summed E-state index contributed by atoms with van der Waals surface area (Å²) in [5, 5.41) is 0. The first-order chi connectivity index (χ1) is 17.9. The van der Waals surface area contributed by atoms with Crippen LogP contribution in [0.15, 0.2) is 36.5 Å². The van der Waals surface area contributed by atoms with Gasteiger partial charge in [-0.1, -0.05) is 65.8 Å². The molecule has 3 aliphatic rings. The molecule has 0 amide bonds. The first kappa shape index (κ1) is 31.4. The van der Waals surface area contributed by atoms with Gasteiger partial charge in [0.1, 0.15) is 12.4 Å². The van der Waals surface area contributed by atoms with Gasteiger partial charge in [0.2, 0.25) is 0 Å². The molecule has 4 nitrogen and oxygen atoms in total. The minimum Gasteiger partial charge on any atom is -0.461 e. The van der Waals surface area contributed by atoms with Gasteiger partial charge < -0.3 is 13.9 Å². The van der Waals surface area contributed by atoms with E-state index in [1.807, 2.05) is 6.08 Å². The average Bonchev–Trinajstić information content (AvgIpc) is 2.86. The lowest BCUT2D eigenvalue weighted by molar-refractivity contribution is -0.179. The van der Waals surface area contributed by atoms with Gasteiger partial charge in [-0.2, -0.15) is 0 Å². The molecule has 0 radical (unpaired) electrons. The normalized spacial score (nSPS) is 32.0. The van der Waals surface area contributed by atoms with Crippen LogP contribution in [0.2, 0.25) is 13.1 Å². The van der Waals surface area contributed by atoms with Gasteiger partial charge in [0.25, 0.3) is 0 Å². The molecule has 5 heteroatoms. The first-order valence-corrected chi connectivity index (χ1v) is 18.2. The summed E-state index contributed by atoms with van der Waals surface area (Å²) in [5.74, 6) is 1.72. The molecule has 0 N–H and O–H groups in total. The molecule has 1 saturated heterocycles. The second-order valence-corrected chi connectivity index (χ2v) is 16.0. The van der Waals surface area contributed by atoms with Gasteiger partial charge in [-0.15, -0.1) is 6.58 Å². The first-order valence-electron chi connectivity index (χ1n) is 15.4. The topological polar surface area (TPSA) is 44.8 Å². The van der Waals surface area contributed by atoms with Gasteiger partial charge in [-0.25, -0.2) is 0 Å². The maximum absolute atomic E-state index is 13.6. The number of rotatable bonds is 11. The van der Waals surface area contributed by atoms with E-state index in [9.17, 15) is 4.79 Å². The quantitative estimate of drug-likeness (QED) is 0.149. The lowest BCUT2D eigenvalue weighted by atomic mass is 9.66. The predicted molar refractivity (Wildman–Crippen MR) is 160 cm³/mol. The summed E-state index contributed by atoms with van der Waals surface area (Å²) in [5.41, 5.74) is 1.16. The second kappa shape index (κ2) is 13.5. The number of allylic oxidation sites excluding steroid dienone is 4. The largest absolute Gasteiger partial charge is 0.461 e. The second-order valence-electron chi connectivity index (χ2n) is 13.6. The van der Waals surface area contributed by atoms with Crippen molar-refractivity contribution in [1.82, 2.24) is 0 Å². The summed E-state index contributed by atoms with van der Waals surface area (Å²) < 4.78 is 19.3. The molecule has 3 rings (SSSR count). The van der Waals surface area contributed by atoms with E-state index in [0.717, 1.165) is 51.4 Å². The Morgan fingerprint density at radius 3 is 2.50 bits per heavy atom. The smallest absolute Gasteiger partial charge is 0.312 e. The van der Waals surface area contributed by atoms with Crippen LogP contribution < -0.4 is 0 Å². The molecule has 1 heterocycles. The number of carbonyl (C=O) groups excluding carboxylic acids is 1. The van der Waals surface area contributed by atoms with Crippen LogP contribution in [0.4, 0.5) is 0 Å². The van der Waals surface area contributed by atoms with Gasteiger partial charge in [0.15, 0.2) is 9.04 Å². The van der Waals surface area contributed by atoms with E-state index >= 15 is 0 Å².